The Hall–Kier alpha value is -1.64. The Balaban J connectivity index is 3.05. The topological polar surface area (TPSA) is 105 Å². The Morgan fingerprint density at radius 1 is 1.32 bits per heavy atom. The Labute approximate surface area is 130 Å². The van der Waals surface area contributed by atoms with E-state index in [9.17, 15) is 13.2 Å². The fourth-order valence-electron chi connectivity index (χ4n) is 1.73. The lowest BCUT2D eigenvalue weighted by Gasteiger charge is -2.12. The quantitative estimate of drug-likeness (QED) is 0.572. The van der Waals surface area contributed by atoms with Crippen LogP contribution in [-0.2, 0) is 10.0 Å². The molecule has 0 spiro atoms. The maximum atomic E-state index is 12.3. The molecule has 0 heterocycles. The molecule has 124 valence electrons. The summed E-state index contributed by atoms with van der Waals surface area (Å²) in [6.45, 7) is 2.45. The Morgan fingerprint density at radius 3 is 2.64 bits per heavy atom. The summed E-state index contributed by atoms with van der Waals surface area (Å²) < 4.78 is 32.0. The average molecular weight is 330 g/mol. The van der Waals surface area contributed by atoms with Crippen molar-refractivity contribution >= 4 is 15.9 Å². The summed E-state index contributed by atoms with van der Waals surface area (Å²) in [7, 11) is -2.37. The molecule has 0 atom stereocenters. The molecule has 1 rings (SSSR count). The van der Waals surface area contributed by atoms with E-state index in [-0.39, 0.29) is 22.8 Å². The summed E-state index contributed by atoms with van der Waals surface area (Å²) in [6, 6.07) is 4.22. The van der Waals surface area contributed by atoms with Gasteiger partial charge in [0.1, 0.15) is 10.6 Å². The van der Waals surface area contributed by atoms with Crippen LogP contribution in [-0.4, -0.2) is 46.2 Å². The molecule has 1 aromatic rings. The van der Waals surface area contributed by atoms with E-state index in [4.69, 9.17) is 9.84 Å². The molecular formula is C14H22N2O5S. The second-order valence-corrected chi connectivity index (χ2v) is 6.33. The van der Waals surface area contributed by atoms with Gasteiger partial charge in [-0.25, -0.2) is 13.1 Å². The highest BCUT2D eigenvalue weighted by atomic mass is 32.2. The molecule has 0 unspecified atom stereocenters. The van der Waals surface area contributed by atoms with Gasteiger partial charge in [0.15, 0.2) is 0 Å². The highest BCUT2D eigenvalue weighted by Crippen LogP contribution is 2.24. The van der Waals surface area contributed by atoms with Crippen molar-refractivity contribution < 1.29 is 23.1 Å². The predicted molar refractivity (Wildman–Crippen MR) is 82.5 cm³/mol. The number of aliphatic hydroxyl groups is 1. The van der Waals surface area contributed by atoms with Gasteiger partial charge in [0.25, 0.3) is 5.91 Å². The summed E-state index contributed by atoms with van der Waals surface area (Å²) in [6.07, 6.45) is 1.09. The Morgan fingerprint density at radius 2 is 2.05 bits per heavy atom. The van der Waals surface area contributed by atoms with Crippen molar-refractivity contribution in [3.8, 4) is 5.75 Å². The number of ether oxygens (including phenoxy) is 1. The number of carbonyl (C=O) groups is 1. The van der Waals surface area contributed by atoms with Gasteiger partial charge in [-0.05, 0) is 31.0 Å². The molecular weight excluding hydrogens is 308 g/mol. The van der Waals surface area contributed by atoms with Crippen LogP contribution >= 0.6 is 0 Å². The van der Waals surface area contributed by atoms with E-state index < -0.39 is 15.9 Å². The van der Waals surface area contributed by atoms with Gasteiger partial charge in [0.2, 0.25) is 10.0 Å². The highest BCUT2D eigenvalue weighted by Gasteiger charge is 2.21. The molecule has 0 aliphatic carbocycles. The zero-order valence-corrected chi connectivity index (χ0v) is 13.6. The van der Waals surface area contributed by atoms with Crippen molar-refractivity contribution in [1.29, 1.82) is 0 Å². The molecule has 8 heteroatoms. The molecule has 0 radical (unpaired) electrons. The zero-order chi connectivity index (χ0) is 16.6. The van der Waals surface area contributed by atoms with Crippen LogP contribution in [0, 0.1) is 0 Å². The van der Waals surface area contributed by atoms with Gasteiger partial charge in [0.05, 0.1) is 7.11 Å². The van der Waals surface area contributed by atoms with Crippen LogP contribution in [0.3, 0.4) is 0 Å². The number of methoxy groups -OCH3 is 1. The molecule has 1 aromatic carbocycles. The van der Waals surface area contributed by atoms with Gasteiger partial charge in [-0.15, -0.1) is 0 Å². The van der Waals surface area contributed by atoms with Crippen molar-refractivity contribution in [3.63, 3.8) is 0 Å². The molecule has 0 fully saturated rings. The van der Waals surface area contributed by atoms with Crippen LogP contribution in [0.2, 0.25) is 0 Å². The van der Waals surface area contributed by atoms with Gasteiger partial charge in [-0.1, -0.05) is 6.92 Å². The minimum atomic E-state index is -3.74. The molecule has 22 heavy (non-hydrogen) atoms. The smallest absolute Gasteiger partial charge is 0.251 e. The van der Waals surface area contributed by atoms with E-state index >= 15 is 0 Å². The number of rotatable bonds is 9. The van der Waals surface area contributed by atoms with E-state index in [0.717, 1.165) is 0 Å². The Bertz CT molecular complexity index is 601. The van der Waals surface area contributed by atoms with Crippen molar-refractivity contribution in [1.82, 2.24) is 10.0 Å². The van der Waals surface area contributed by atoms with Crippen LogP contribution in [0.25, 0.3) is 0 Å². The minimum Gasteiger partial charge on any atom is -0.495 e. The van der Waals surface area contributed by atoms with E-state index in [0.29, 0.717) is 25.9 Å². The van der Waals surface area contributed by atoms with Crippen LogP contribution in [0.15, 0.2) is 23.1 Å². The number of amides is 1. The third-order valence-corrected chi connectivity index (χ3v) is 4.36. The highest BCUT2D eigenvalue weighted by molar-refractivity contribution is 7.89. The first-order valence-corrected chi connectivity index (χ1v) is 8.51. The lowest BCUT2D eigenvalue weighted by atomic mass is 10.2. The van der Waals surface area contributed by atoms with E-state index in [2.05, 4.69) is 10.0 Å². The number of nitrogens with one attached hydrogen (secondary N) is 2. The fourth-order valence-corrected chi connectivity index (χ4v) is 3.05. The maximum absolute atomic E-state index is 12.3. The Kier molecular flexibility index (Phi) is 7.30. The molecule has 0 saturated heterocycles. The van der Waals surface area contributed by atoms with Crippen LogP contribution in [0.1, 0.15) is 30.1 Å². The van der Waals surface area contributed by atoms with Gasteiger partial charge in [0, 0.05) is 25.3 Å². The number of sulfonamides is 1. The molecule has 3 N–H and O–H groups in total. The van der Waals surface area contributed by atoms with Gasteiger partial charge in [-0.2, -0.15) is 0 Å². The number of hydrogen-bond acceptors (Lipinski definition) is 5. The number of carbonyl (C=O) groups excluding carboxylic acids is 1. The summed E-state index contributed by atoms with van der Waals surface area (Å²) in [4.78, 5) is 11.9. The lowest BCUT2D eigenvalue weighted by molar-refractivity contribution is 0.0951. The zero-order valence-electron chi connectivity index (χ0n) is 12.8. The largest absolute Gasteiger partial charge is 0.495 e. The fraction of sp³-hybridized carbons (Fsp3) is 0.500. The first-order chi connectivity index (χ1) is 10.5. The number of aliphatic hydroxyl groups excluding tert-OH is 1. The first-order valence-electron chi connectivity index (χ1n) is 7.03. The molecule has 0 aliphatic rings. The molecule has 0 saturated carbocycles. The van der Waals surface area contributed by atoms with E-state index in [1.165, 1.54) is 25.3 Å². The second-order valence-electron chi connectivity index (χ2n) is 4.60. The standard InChI is InChI=1S/C14H22N2O5S/c1-3-7-16-22(19,20)13-10-11(5-6-12(13)21-2)14(18)15-8-4-9-17/h5-6,10,16-17H,3-4,7-9H2,1-2H3,(H,15,18). The number of hydrogen-bond donors (Lipinski definition) is 3. The van der Waals surface area contributed by atoms with Crippen molar-refractivity contribution in [2.75, 3.05) is 26.8 Å². The van der Waals surface area contributed by atoms with Crippen LogP contribution < -0.4 is 14.8 Å². The lowest BCUT2D eigenvalue weighted by Crippen LogP contribution is -2.27. The van der Waals surface area contributed by atoms with Crippen molar-refractivity contribution in [2.45, 2.75) is 24.7 Å². The second kappa shape index (κ2) is 8.72. The normalized spacial score (nSPS) is 11.2. The number of benzene rings is 1. The maximum Gasteiger partial charge on any atom is 0.251 e. The van der Waals surface area contributed by atoms with Crippen molar-refractivity contribution in [2.24, 2.45) is 0 Å². The van der Waals surface area contributed by atoms with Crippen LogP contribution in [0.5, 0.6) is 5.75 Å². The van der Waals surface area contributed by atoms with Crippen molar-refractivity contribution in [3.05, 3.63) is 23.8 Å². The minimum absolute atomic E-state index is 0.0243. The molecule has 7 nitrogen and oxygen atoms in total. The van der Waals surface area contributed by atoms with Crippen LogP contribution in [0.4, 0.5) is 0 Å². The molecule has 0 aromatic heterocycles. The predicted octanol–water partition coefficient (Wildman–Crippen LogP) is 0.496. The molecule has 0 bridgehead atoms. The first kappa shape index (κ1) is 18.4. The van der Waals surface area contributed by atoms with Gasteiger partial charge >= 0.3 is 0 Å². The van der Waals surface area contributed by atoms with Gasteiger partial charge < -0.3 is 15.2 Å². The summed E-state index contributed by atoms with van der Waals surface area (Å²) in [5.74, 6) is -0.224. The SMILES string of the molecule is CCCNS(=O)(=O)c1cc(C(=O)NCCCO)ccc1OC. The molecule has 1 amide bonds. The van der Waals surface area contributed by atoms with Gasteiger partial charge in [-0.3, -0.25) is 4.79 Å². The third-order valence-electron chi connectivity index (χ3n) is 2.88. The average Bonchev–Trinajstić information content (AvgIpc) is 2.52. The third kappa shape index (κ3) is 4.97. The van der Waals surface area contributed by atoms with E-state index in [1.807, 2.05) is 6.92 Å². The summed E-state index contributed by atoms with van der Waals surface area (Å²) >= 11 is 0. The summed E-state index contributed by atoms with van der Waals surface area (Å²) in [5.41, 5.74) is 0.218. The monoisotopic (exact) mass is 330 g/mol. The summed E-state index contributed by atoms with van der Waals surface area (Å²) in [5, 5.41) is 11.3. The van der Waals surface area contributed by atoms with E-state index in [1.54, 1.807) is 0 Å². The molecule has 0 aliphatic heterocycles.